The highest BCUT2D eigenvalue weighted by atomic mass is 35.5. The average molecular weight is 524 g/mol. The normalized spacial score (nSPS) is 13.5. The standard InChI is InChI=1S/C27H30ClN5O4/c1-17(2)33-24-22(26(35)31(27(33)36)13-4-14-34)32(15-18-8-10-20(28)11-9-18)23(30-24)21-5-3-12-29-25(21)37-16-19-6-7-19/h3,5,8-12,17,19,34H,4,6-7,13-16H2,1-2H3. The summed E-state index contributed by atoms with van der Waals surface area (Å²) in [5.74, 6) is 1.48. The van der Waals surface area contributed by atoms with Crippen molar-refractivity contribution in [2.45, 2.75) is 52.2 Å². The molecule has 0 amide bonds. The lowest BCUT2D eigenvalue weighted by Gasteiger charge is -2.15. The van der Waals surface area contributed by atoms with Crippen molar-refractivity contribution < 1.29 is 9.84 Å². The molecule has 3 aromatic heterocycles. The third-order valence-electron chi connectivity index (χ3n) is 6.54. The Balaban J connectivity index is 1.78. The molecule has 1 aliphatic carbocycles. The van der Waals surface area contributed by atoms with Gasteiger partial charge in [0.05, 0.1) is 12.2 Å². The highest BCUT2D eigenvalue weighted by molar-refractivity contribution is 6.30. The van der Waals surface area contributed by atoms with Crippen molar-refractivity contribution in [2.24, 2.45) is 5.92 Å². The summed E-state index contributed by atoms with van der Waals surface area (Å²) in [7, 11) is 0. The van der Waals surface area contributed by atoms with E-state index in [4.69, 9.17) is 21.3 Å². The summed E-state index contributed by atoms with van der Waals surface area (Å²) in [5, 5.41) is 9.99. The molecule has 0 unspecified atom stereocenters. The molecule has 0 atom stereocenters. The smallest absolute Gasteiger partial charge is 0.332 e. The van der Waals surface area contributed by atoms with Crippen LogP contribution in [0.4, 0.5) is 0 Å². The van der Waals surface area contributed by atoms with E-state index in [0.29, 0.717) is 58.9 Å². The average Bonchev–Trinajstić information content (AvgIpc) is 3.64. The van der Waals surface area contributed by atoms with Crippen molar-refractivity contribution in [2.75, 3.05) is 13.2 Å². The van der Waals surface area contributed by atoms with Gasteiger partial charge < -0.3 is 14.4 Å². The molecule has 9 nitrogen and oxygen atoms in total. The molecule has 1 fully saturated rings. The predicted octanol–water partition coefficient (Wildman–Crippen LogP) is 3.88. The maximum Gasteiger partial charge on any atom is 0.332 e. The van der Waals surface area contributed by atoms with Gasteiger partial charge >= 0.3 is 5.69 Å². The van der Waals surface area contributed by atoms with Crippen molar-refractivity contribution in [3.63, 3.8) is 0 Å². The minimum Gasteiger partial charge on any atom is -0.477 e. The second-order valence-corrected chi connectivity index (χ2v) is 10.1. The third-order valence-corrected chi connectivity index (χ3v) is 6.79. The Labute approximate surface area is 218 Å². The van der Waals surface area contributed by atoms with E-state index in [1.807, 2.05) is 36.6 Å². The Morgan fingerprint density at radius 3 is 2.57 bits per heavy atom. The number of nitrogens with zero attached hydrogens (tertiary/aromatic N) is 5. The van der Waals surface area contributed by atoms with E-state index in [-0.39, 0.29) is 19.2 Å². The van der Waals surface area contributed by atoms with Gasteiger partial charge in [0.25, 0.3) is 5.56 Å². The third kappa shape index (κ3) is 5.06. The minimum atomic E-state index is -0.444. The van der Waals surface area contributed by atoms with Gasteiger partial charge in [-0.05, 0) is 68.9 Å². The lowest BCUT2D eigenvalue weighted by molar-refractivity contribution is 0.277. The maximum absolute atomic E-state index is 13.8. The quantitative estimate of drug-likeness (QED) is 0.338. The van der Waals surface area contributed by atoms with Crippen LogP contribution in [0.15, 0.2) is 52.2 Å². The first-order chi connectivity index (χ1) is 17.9. The number of aliphatic hydroxyl groups is 1. The highest BCUT2D eigenvalue weighted by Gasteiger charge is 2.27. The minimum absolute atomic E-state index is 0.112. The van der Waals surface area contributed by atoms with Crippen LogP contribution >= 0.6 is 11.6 Å². The Hall–Kier alpha value is -3.43. The van der Waals surface area contributed by atoms with Gasteiger partial charge in [-0.1, -0.05) is 23.7 Å². The first-order valence-corrected chi connectivity index (χ1v) is 13.0. The van der Waals surface area contributed by atoms with Gasteiger partial charge in [0.2, 0.25) is 5.88 Å². The summed E-state index contributed by atoms with van der Waals surface area (Å²) < 4.78 is 10.6. The van der Waals surface area contributed by atoms with Crippen LogP contribution in [-0.2, 0) is 13.1 Å². The number of hydrogen-bond donors (Lipinski definition) is 1. The summed E-state index contributed by atoms with van der Waals surface area (Å²) in [6, 6.07) is 10.8. The summed E-state index contributed by atoms with van der Waals surface area (Å²) >= 11 is 6.11. The molecule has 10 heteroatoms. The van der Waals surface area contributed by atoms with Crippen molar-refractivity contribution >= 4 is 22.8 Å². The Bertz CT molecular complexity index is 1530. The lowest BCUT2D eigenvalue weighted by atomic mass is 10.2. The number of aliphatic hydroxyl groups excluding tert-OH is 1. The fourth-order valence-corrected chi connectivity index (χ4v) is 4.56. The zero-order valence-corrected chi connectivity index (χ0v) is 21.7. The molecular weight excluding hydrogens is 494 g/mol. The van der Waals surface area contributed by atoms with E-state index in [1.165, 1.54) is 9.13 Å². The summed E-state index contributed by atoms with van der Waals surface area (Å²) in [6.07, 6.45) is 4.25. The molecule has 0 spiro atoms. The van der Waals surface area contributed by atoms with Crippen LogP contribution in [-0.4, -0.2) is 42.0 Å². The molecule has 0 aliphatic heterocycles. The Morgan fingerprint density at radius 2 is 1.89 bits per heavy atom. The summed E-state index contributed by atoms with van der Waals surface area (Å²) in [6.45, 7) is 4.65. The molecule has 0 saturated heterocycles. The monoisotopic (exact) mass is 523 g/mol. The van der Waals surface area contributed by atoms with Gasteiger partial charge in [-0.15, -0.1) is 0 Å². The molecule has 3 heterocycles. The molecule has 37 heavy (non-hydrogen) atoms. The van der Waals surface area contributed by atoms with E-state index < -0.39 is 11.2 Å². The SMILES string of the molecule is CC(C)n1c(=O)n(CCCO)c(=O)c2c1nc(-c1cccnc1OCC1CC1)n2Cc1ccc(Cl)cc1. The van der Waals surface area contributed by atoms with Crippen LogP contribution in [0.2, 0.25) is 5.02 Å². The number of pyridine rings is 1. The fraction of sp³-hybridized carbons (Fsp3) is 0.407. The van der Waals surface area contributed by atoms with Gasteiger partial charge in [-0.3, -0.25) is 13.9 Å². The van der Waals surface area contributed by atoms with Gasteiger partial charge in [0.1, 0.15) is 5.82 Å². The van der Waals surface area contributed by atoms with Gasteiger partial charge in [0, 0.05) is 37.0 Å². The van der Waals surface area contributed by atoms with Crippen LogP contribution < -0.4 is 16.0 Å². The summed E-state index contributed by atoms with van der Waals surface area (Å²) in [5.41, 5.74) is 1.30. The van der Waals surface area contributed by atoms with Crippen LogP contribution in [0.1, 0.15) is 44.7 Å². The number of ether oxygens (including phenoxy) is 1. The number of hydrogen-bond acceptors (Lipinski definition) is 6. The van der Waals surface area contributed by atoms with Crippen LogP contribution in [0.25, 0.3) is 22.6 Å². The number of aromatic nitrogens is 5. The van der Waals surface area contributed by atoms with E-state index in [2.05, 4.69) is 4.98 Å². The maximum atomic E-state index is 13.8. The highest BCUT2D eigenvalue weighted by Crippen LogP contribution is 2.33. The number of rotatable bonds is 10. The van der Waals surface area contributed by atoms with Crippen molar-refractivity contribution in [3.05, 3.63) is 74.0 Å². The molecule has 1 saturated carbocycles. The molecule has 5 rings (SSSR count). The zero-order valence-electron chi connectivity index (χ0n) is 20.9. The largest absolute Gasteiger partial charge is 0.477 e. The molecule has 194 valence electrons. The predicted molar refractivity (Wildman–Crippen MR) is 142 cm³/mol. The number of halogens is 1. The van der Waals surface area contributed by atoms with Crippen LogP contribution in [0.5, 0.6) is 5.88 Å². The van der Waals surface area contributed by atoms with E-state index in [1.54, 1.807) is 24.4 Å². The van der Waals surface area contributed by atoms with E-state index >= 15 is 0 Å². The van der Waals surface area contributed by atoms with Gasteiger partial charge in [-0.2, -0.15) is 0 Å². The second-order valence-electron chi connectivity index (χ2n) is 9.71. The first-order valence-electron chi connectivity index (χ1n) is 12.6. The van der Waals surface area contributed by atoms with Crippen molar-refractivity contribution in [3.8, 4) is 17.3 Å². The Kier molecular flexibility index (Phi) is 7.17. The molecule has 1 N–H and O–H groups in total. The fourth-order valence-electron chi connectivity index (χ4n) is 4.44. The van der Waals surface area contributed by atoms with E-state index in [0.717, 1.165) is 18.4 Å². The first kappa shape index (κ1) is 25.2. The lowest BCUT2D eigenvalue weighted by Crippen LogP contribution is -2.41. The topological polar surface area (TPSA) is 104 Å². The van der Waals surface area contributed by atoms with Crippen molar-refractivity contribution in [1.29, 1.82) is 0 Å². The van der Waals surface area contributed by atoms with Crippen LogP contribution in [0.3, 0.4) is 0 Å². The molecule has 1 aromatic carbocycles. The summed E-state index contributed by atoms with van der Waals surface area (Å²) in [4.78, 5) is 36.5. The molecule has 1 aliphatic rings. The second kappa shape index (κ2) is 10.5. The Morgan fingerprint density at radius 1 is 1.14 bits per heavy atom. The van der Waals surface area contributed by atoms with Gasteiger partial charge in [-0.25, -0.2) is 14.8 Å². The van der Waals surface area contributed by atoms with Crippen molar-refractivity contribution in [1.82, 2.24) is 23.7 Å². The molecular formula is C27H30ClN5O4. The zero-order chi connectivity index (χ0) is 26.1. The molecule has 0 bridgehead atoms. The molecule has 4 aromatic rings. The number of imidazole rings is 1. The van der Waals surface area contributed by atoms with E-state index in [9.17, 15) is 14.7 Å². The van der Waals surface area contributed by atoms with Gasteiger partial charge in [0.15, 0.2) is 11.2 Å². The number of fused-ring (bicyclic) bond motifs is 1. The van der Waals surface area contributed by atoms with Crippen LogP contribution in [0, 0.1) is 5.92 Å². The number of benzene rings is 1. The molecule has 0 radical (unpaired) electrons.